The van der Waals surface area contributed by atoms with Crippen molar-refractivity contribution < 1.29 is 14.7 Å². The van der Waals surface area contributed by atoms with Crippen molar-refractivity contribution >= 4 is 11.9 Å². The molecule has 1 aliphatic carbocycles. The lowest BCUT2D eigenvalue weighted by Gasteiger charge is -2.22. The first kappa shape index (κ1) is 14.0. The van der Waals surface area contributed by atoms with Crippen LogP contribution in [0.3, 0.4) is 0 Å². The Balaban J connectivity index is 1.76. The standard InChI is InChI=1S/C16H20N2O3/c1-10-13(16(20)21)6-7-14(17-10)15(19)18-8-11-4-2-3-5-12(11)9-18/h6-7,11-12H,2-5,8-9H2,1H3,(H,20,21). The summed E-state index contributed by atoms with van der Waals surface area (Å²) in [5.74, 6) is 0.208. The molecule has 2 heterocycles. The number of rotatable bonds is 2. The van der Waals surface area contributed by atoms with E-state index in [0.717, 1.165) is 13.1 Å². The van der Waals surface area contributed by atoms with Crippen LogP contribution in [0.25, 0.3) is 0 Å². The van der Waals surface area contributed by atoms with Gasteiger partial charge in [0.15, 0.2) is 0 Å². The number of aromatic carboxylic acids is 1. The van der Waals surface area contributed by atoms with Crippen molar-refractivity contribution in [3.05, 3.63) is 29.1 Å². The minimum atomic E-state index is -1.01. The van der Waals surface area contributed by atoms with Gasteiger partial charge in [-0.05, 0) is 43.7 Å². The molecule has 0 spiro atoms. The molecule has 1 saturated carbocycles. The fraction of sp³-hybridized carbons (Fsp3) is 0.562. The molecule has 5 nitrogen and oxygen atoms in total. The van der Waals surface area contributed by atoms with Crippen molar-refractivity contribution in [2.45, 2.75) is 32.6 Å². The number of amides is 1. The highest BCUT2D eigenvalue weighted by atomic mass is 16.4. The number of hydrogen-bond acceptors (Lipinski definition) is 3. The molecular formula is C16H20N2O3. The second kappa shape index (κ2) is 5.47. The van der Waals surface area contributed by atoms with E-state index in [4.69, 9.17) is 5.11 Å². The van der Waals surface area contributed by atoms with Crippen molar-refractivity contribution in [1.29, 1.82) is 0 Å². The molecule has 0 radical (unpaired) electrons. The molecule has 21 heavy (non-hydrogen) atoms. The highest BCUT2D eigenvalue weighted by Crippen LogP contribution is 2.36. The lowest BCUT2D eigenvalue weighted by atomic mass is 9.82. The monoisotopic (exact) mass is 288 g/mol. The van der Waals surface area contributed by atoms with E-state index in [0.29, 0.717) is 23.2 Å². The highest BCUT2D eigenvalue weighted by Gasteiger charge is 2.37. The van der Waals surface area contributed by atoms with E-state index < -0.39 is 5.97 Å². The van der Waals surface area contributed by atoms with Crippen LogP contribution in [0.1, 0.15) is 52.2 Å². The van der Waals surface area contributed by atoms with Crippen LogP contribution in [-0.4, -0.2) is 40.0 Å². The van der Waals surface area contributed by atoms with Gasteiger partial charge in [-0.2, -0.15) is 0 Å². The molecule has 1 N–H and O–H groups in total. The number of carbonyl (C=O) groups is 2. The van der Waals surface area contributed by atoms with E-state index in [9.17, 15) is 9.59 Å². The Bertz CT molecular complexity index is 571. The zero-order valence-corrected chi connectivity index (χ0v) is 12.2. The van der Waals surface area contributed by atoms with Gasteiger partial charge in [0, 0.05) is 13.1 Å². The number of pyridine rings is 1. The second-order valence-corrected chi connectivity index (χ2v) is 6.15. The van der Waals surface area contributed by atoms with Crippen LogP contribution < -0.4 is 0 Å². The van der Waals surface area contributed by atoms with Crippen LogP contribution in [0, 0.1) is 18.8 Å². The van der Waals surface area contributed by atoms with Crippen molar-refractivity contribution in [3.63, 3.8) is 0 Å². The quantitative estimate of drug-likeness (QED) is 0.907. The second-order valence-electron chi connectivity index (χ2n) is 6.15. The molecule has 2 aliphatic rings. The summed E-state index contributed by atoms with van der Waals surface area (Å²) in [7, 11) is 0. The summed E-state index contributed by atoms with van der Waals surface area (Å²) in [6.45, 7) is 3.28. The molecule has 0 aromatic carbocycles. The van der Waals surface area contributed by atoms with Crippen LogP contribution in [0.2, 0.25) is 0 Å². The lowest BCUT2D eigenvalue weighted by molar-refractivity contribution is 0.0692. The minimum absolute atomic E-state index is 0.0653. The maximum atomic E-state index is 12.5. The fourth-order valence-corrected chi connectivity index (χ4v) is 3.64. The number of likely N-dealkylation sites (tertiary alicyclic amines) is 1. The first-order valence-electron chi connectivity index (χ1n) is 7.56. The average Bonchev–Trinajstić information content (AvgIpc) is 2.89. The Morgan fingerprint density at radius 1 is 1.19 bits per heavy atom. The maximum Gasteiger partial charge on any atom is 0.337 e. The molecule has 1 aromatic heterocycles. The number of hydrogen-bond donors (Lipinski definition) is 1. The number of fused-ring (bicyclic) bond motifs is 1. The van der Waals surface area contributed by atoms with Gasteiger partial charge in [-0.3, -0.25) is 4.79 Å². The molecule has 1 amide bonds. The van der Waals surface area contributed by atoms with E-state index in [1.165, 1.54) is 37.8 Å². The molecule has 2 unspecified atom stereocenters. The van der Waals surface area contributed by atoms with Gasteiger partial charge >= 0.3 is 5.97 Å². The average molecular weight is 288 g/mol. The summed E-state index contributed by atoms with van der Waals surface area (Å²) in [6.07, 6.45) is 4.99. The number of aryl methyl sites for hydroxylation is 1. The van der Waals surface area contributed by atoms with Gasteiger partial charge in [-0.25, -0.2) is 9.78 Å². The van der Waals surface area contributed by atoms with E-state index in [-0.39, 0.29) is 11.5 Å². The number of carbonyl (C=O) groups excluding carboxylic acids is 1. The Morgan fingerprint density at radius 2 is 1.81 bits per heavy atom. The third kappa shape index (κ3) is 2.64. The van der Waals surface area contributed by atoms with Gasteiger partial charge in [-0.1, -0.05) is 12.8 Å². The zero-order valence-electron chi connectivity index (χ0n) is 12.2. The van der Waals surface area contributed by atoms with Gasteiger partial charge in [0.05, 0.1) is 11.3 Å². The number of carboxylic acids is 1. The van der Waals surface area contributed by atoms with E-state index in [1.54, 1.807) is 6.92 Å². The molecule has 5 heteroatoms. The van der Waals surface area contributed by atoms with E-state index >= 15 is 0 Å². The topological polar surface area (TPSA) is 70.5 Å². The third-order valence-corrected chi connectivity index (χ3v) is 4.80. The van der Waals surface area contributed by atoms with Crippen molar-refractivity contribution in [1.82, 2.24) is 9.88 Å². The predicted molar refractivity (Wildman–Crippen MR) is 77.3 cm³/mol. The molecule has 112 valence electrons. The van der Waals surface area contributed by atoms with Gasteiger partial charge in [-0.15, -0.1) is 0 Å². The molecular weight excluding hydrogens is 268 g/mol. The summed E-state index contributed by atoms with van der Waals surface area (Å²) >= 11 is 0. The van der Waals surface area contributed by atoms with E-state index in [2.05, 4.69) is 4.98 Å². The highest BCUT2D eigenvalue weighted by molar-refractivity contribution is 5.94. The fourth-order valence-electron chi connectivity index (χ4n) is 3.64. The molecule has 2 atom stereocenters. The summed E-state index contributed by atoms with van der Waals surface area (Å²) in [6, 6.07) is 3.00. The molecule has 2 fully saturated rings. The van der Waals surface area contributed by atoms with E-state index in [1.807, 2.05) is 4.90 Å². The smallest absolute Gasteiger partial charge is 0.337 e. The van der Waals surface area contributed by atoms with Crippen LogP contribution >= 0.6 is 0 Å². The van der Waals surface area contributed by atoms with Crippen molar-refractivity contribution in [2.24, 2.45) is 11.8 Å². The Kier molecular flexibility index (Phi) is 3.66. The maximum absolute atomic E-state index is 12.5. The molecule has 1 aliphatic heterocycles. The summed E-state index contributed by atoms with van der Waals surface area (Å²) in [5.41, 5.74) is 0.905. The third-order valence-electron chi connectivity index (χ3n) is 4.80. The SMILES string of the molecule is Cc1nc(C(=O)N2CC3CCCCC3C2)ccc1C(=O)O. The summed E-state index contributed by atoms with van der Waals surface area (Å²) < 4.78 is 0. The Labute approximate surface area is 124 Å². The van der Waals surface area contributed by atoms with Gasteiger partial charge in [0.25, 0.3) is 5.91 Å². The predicted octanol–water partition coefficient (Wildman–Crippen LogP) is 2.35. The molecule has 3 rings (SSSR count). The van der Waals surface area contributed by atoms with Crippen LogP contribution in [0.5, 0.6) is 0 Å². The first-order valence-corrected chi connectivity index (χ1v) is 7.56. The van der Waals surface area contributed by atoms with Gasteiger partial charge in [0.1, 0.15) is 5.69 Å². The van der Waals surface area contributed by atoms with Crippen LogP contribution in [-0.2, 0) is 0 Å². The minimum Gasteiger partial charge on any atom is -0.478 e. The molecule has 1 aromatic rings. The summed E-state index contributed by atoms with van der Waals surface area (Å²) in [4.78, 5) is 29.6. The molecule has 0 bridgehead atoms. The number of carboxylic acid groups (broad SMARTS) is 1. The van der Waals surface area contributed by atoms with Crippen molar-refractivity contribution in [2.75, 3.05) is 13.1 Å². The molecule has 1 saturated heterocycles. The Morgan fingerprint density at radius 3 is 2.33 bits per heavy atom. The lowest BCUT2D eigenvalue weighted by Crippen LogP contribution is -2.30. The summed E-state index contributed by atoms with van der Waals surface area (Å²) in [5, 5.41) is 9.01. The zero-order chi connectivity index (χ0) is 15.0. The van der Waals surface area contributed by atoms with Crippen LogP contribution in [0.15, 0.2) is 12.1 Å². The largest absolute Gasteiger partial charge is 0.478 e. The van der Waals surface area contributed by atoms with Gasteiger partial charge in [0.2, 0.25) is 0 Å². The Hall–Kier alpha value is -1.91. The van der Waals surface area contributed by atoms with Crippen LogP contribution in [0.4, 0.5) is 0 Å². The first-order chi connectivity index (χ1) is 10.1. The van der Waals surface area contributed by atoms with Gasteiger partial charge < -0.3 is 10.0 Å². The number of aromatic nitrogens is 1. The van der Waals surface area contributed by atoms with Crippen molar-refractivity contribution in [3.8, 4) is 0 Å². The normalized spacial score (nSPS) is 24.7. The number of nitrogens with zero attached hydrogens (tertiary/aromatic N) is 2.